The number of hydrogen-bond donors (Lipinski definition) is 2. The summed E-state index contributed by atoms with van der Waals surface area (Å²) < 4.78 is 0. The average molecular weight is 234 g/mol. The first-order valence-electron chi connectivity index (χ1n) is 6.07. The van der Waals surface area contributed by atoms with E-state index in [-0.39, 0.29) is 5.91 Å². The zero-order valence-corrected chi connectivity index (χ0v) is 11.1. The minimum absolute atomic E-state index is 0.0429. The van der Waals surface area contributed by atoms with Gasteiger partial charge < -0.3 is 10.6 Å². The average Bonchev–Trinajstić information content (AvgIpc) is 2.25. The van der Waals surface area contributed by atoms with Crippen molar-refractivity contribution in [1.82, 2.24) is 5.32 Å². The highest BCUT2D eigenvalue weighted by Crippen LogP contribution is 2.18. The lowest BCUT2D eigenvalue weighted by Gasteiger charge is -2.13. The number of benzene rings is 1. The predicted octanol–water partition coefficient (Wildman–Crippen LogP) is 2.49. The first-order valence-corrected chi connectivity index (χ1v) is 6.07. The number of amides is 1. The SMILES string of the molecule is Cc1cccc(C)c1NCC(=O)NCC(C)C. The molecule has 0 radical (unpaired) electrons. The van der Waals surface area contributed by atoms with Crippen molar-refractivity contribution in [3.05, 3.63) is 29.3 Å². The molecule has 0 saturated heterocycles. The first kappa shape index (κ1) is 13.6. The number of hydrogen-bond acceptors (Lipinski definition) is 2. The summed E-state index contributed by atoms with van der Waals surface area (Å²) in [6, 6.07) is 6.11. The van der Waals surface area contributed by atoms with Crippen molar-refractivity contribution in [2.75, 3.05) is 18.4 Å². The van der Waals surface area contributed by atoms with Crippen molar-refractivity contribution in [2.24, 2.45) is 5.92 Å². The Labute approximate surface area is 104 Å². The molecule has 0 unspecified atom stereocenters. The maximum absolute atomic E-state index is 11.6. The van der Waals surface area contributed by atoms with E-state index >= 15 is 0 Å². The fourth-order valence-electron chi connectivity index (χ4n) is 1.64. The third-order valence-electron chi connectivity index (χ3n) is 2.61. The Morgan fingerprint density at radius 2 is 1.82 bits per heavy atom. The Morgan fingerprint density at radius 1 is 1.24 bits per heavy atom. The van der Waals surface area contributed by atoms with Crippen molar-refractivity contribution in [2.45, 2.75) is 27.7 Å². The van der Waals surface area contributed by atoms with Gasteiger partial charge in [0.2, 0.25) is 5.91 Å². The van der Waals surface area contributed by atoms with E-state index in [1.54, 1.807) is 0 Å². The maximum Gasteiger partial charge on any atom is 0.239 e. The molecule has 1 rings (SSSR count). The largest absolute Gasteiger partial charge is 0.376 e. The maximum atomic E-state index is 11.6. The second-order valence-electron chi connectivity index (χ2n) is 4.82. The van der Waals surface area contributed by atoms with Crippen LogP contribution in [0.4, 0.5) is 5.69 Å². The topological polar surface area (TPSA) is 41.1 Å². The van der Waals surface area contributed by atoms with Crippen LogP contribution in [0.15, 0.2) is 18.2 Å². The molecule has 1 amide bonds. The van der Waals surface area contributed by atoms with Crippen LogP contribution in [-0.4, -0.2) is 19.0 Å². The number of carbonyl (C=O) groups excluding carboxylic acids is 1. The summed E-state index contributed by atoms with van der Waals surface area (Å²) in [4.78, 5) is 11.6. The molecule has 0 aliphatic heterocycles. The normalized spacial score (nSPS) is 10.4. The van der Waals surface area contributed by atoms with Crippen LogP contribution in [0.2, 0.25) is 0 Å². The second kappa shape index (κ2) is 6.28. The fourth-order valence-corrected chi connectivity index (χ4v) is 1.64. The Hall–Kier alpha value is -1.51. The van der Waals surface area contributed by atoms with Gasteiger partial charge in [-0.25, -0.2) is 0 Å². The smallest absolute Gasteiger partial charge is 0.239 e. The third-order valence-corrected chi connectivity index (χ3v) is 2.61. The van der Waals surface area contributed by atoms with Crippen LogP contribution >= 0.6 is 0 Å². The summed E-state index contributed by atoms with van der Waals surface area (Å²) in [5.74, 6) is 0.528. The van der Waals surface area contributed by atoms with Crippen LogP contribution < -0.4 is 10.6 Å². The second-order valence-corrected chi connectivity index (χ2v) is 4.82. The molecule has 17 heavy (non-hydrogen) atoms. The van der Waals surface area contributed by atoms with Gasteiger partial charge in [-0.15, -0.1) is 0 Å². The summed E-state index contributed by atoms with van der Waals surface area (Å²) in [7, 11) is 0. The minimum Gasteiger partial charge on any atom is -0.376 e. The molecule has 0 saturated carbocycles. The van der Waals surface area contributed by atoms with E-state index in [0.29, 0.717) is 12.5 Å². The van der Waals surface area contributed by atoms with Crippen molar-refractivity contribution >= 4 is 11.6 Å². The Bertz CT molecular complexity index is 366. The molecule has 3 heteroatoms. The highest BCUT2D eigenvalue weighted by Gasteiger charge is 2.05. The van der Waals surface area contributed by atoms with E-state index < -0.39 is 0 Å². The molecule has 0 heterocycles. The van der Waals surface area contributed by atoms with Crippen LogP contribution in [-0.2, 0) is 4.79 Å². The van der Waals surface area contributed by atoms with E-state index in [1.807, 2.05) is 32.0 Å². The summed E-state index contributed by atoms with van der Waals surface area (Å²) in [6.45, 7) is 9.31. The molecule has 0 aromatic heterocycles. The third kappa shape index (κ3) is 4.47. The Morgan fingerprint density at radius 3 is 2.35 bits per heavy atom. The molecule has 3 nitrogen and oxygen atoms in total. The van der Waals surface area contributed by atoms with Crippen molar-refractivity contribution in [3.8, 4) is 0 Å². The van der Waals surface area contributed by atoms with Crippen molar-refractivity contribution in [3.63, 3.8) is 0 Å². The number of carbonyl (C=O) groups is 1. The molecule has 0 spiro atoms. The number of rotatable bonds is 5. The summed E-state index contributed by atoms with van der Waals surface area (Å²) >= 11 is 0. The molecule has 1 aromatic carbocycles. The minimum atomic E-state index is 0.0429. The van der Waals surface area contributed by atoms with Crippen LogP contribution in [0.3, 0.4) is 0 Å². The lowest BCUT2D eigenvalue weighted by molar-refractivity contribution is -0.119. The summed E-state index contributed by atoms with van der Waals surface area (Å²) in [6.07, 6.45) is 0. The fraction of sp³-hybridized carbons (Fsp3) is 0.500. The monoisotopic (exact) mass is 234 g/mol. The number of aryl methyl sites for hydroxylation is 2. The van der Waals surface area contributed by atoms with Gasteiger partial charge in [-0.2, -0.15) is 0 Å². The molecule has 0 fully saturated rings. The predicted molar refractivity (Wildman–Crippen MR) is 72.3 cm³/mol. The van der Waals surface area contributed by atoms with Gasteiger partial charge in [0.25, 0.3) is 0 Å². The van der Waals surface area contributed by atoms with E-state index in [1.165, 1.54) is 11.1 Å². The lowest BCUT2D eigenvalue weighted by atomic mass is 10.1. The molecule has 2 N–H and O–H groups in total. The van der Waals surface area contributed by atoms with Gasteiger partial charge in [-0.1, -0.05) is 32.0 Å². The summed E-state index contributed by atoms with van der Waals surface area (Å²) in [5.41, 5.74) is 3.40. The van der Waals surface area contributed by atoms with Crippen molar-refractivity contribution in [1.29, 1.82) is 0 Å². The van der Waals surface area contributed by atoms with Crippen LogP contribution in [0, 0.1) is 19.8 Å². The Kier molecular flexibility index (Phi) is 5.01. The van der Waals surface area contributed by atoms with E-state index in [9.17, 15) is 4.79 Å². The van der Waals surface area contributed by atoms with Gasteiger partial charge in [0.1, 0.15) is 0 Å². The molecule has 0 aliphatic carbocycles. The number of anilines is 1. The molecular formula is C14H22N2O. The van der Waals surface area contributed by atoms with Crippen LogP contribution in [0.5, 0.6) is 0 Å². The van der Waals surface area contributed by atoms with Gasteiger partial charge in [-0.3, -0.25) is 4.79 Å². The Balaban J connectivity index is 2.47. The summed E-state index contributed by atoms with van der Waals surface area (Å²) in [5, 5.41) is 6.08. The van der Waals surface area contributed by atoms with E-state index in [2.05, 4.69) is 24.5 Å². The van der Waals surface area contributed by atoms with Crippen molar-refractivity contribution < 1.29 is 4.79 Å². The molecular weight excluding hydrogens is 212 g/mol. The quantitative estimate of drug-likeness (QED) is 0.822. The molecule has 0 aliphatic rings. The van der Waals surface area contributed by atoms with Gasteiger partial charge >= 0.3 is 0 Å². The van der Waals surface area contributed by atoms with Crippen LogP contribution in [0.25, 0.3) is 0 Å². The van der Waals surface area contributed by atoms with Gasteiger partial charge in [0, 0.05) is 12.2 Å². The van der Waals surface area contributed by atoms with E-state index in [0.717, 1.165) is 12.2 Å². The lowest BCUT2D eigenvalue weighted by Crippen LogP contribution is -2.32. The highest BCUT2D eigenvalue weighted by atomic mass is 16.1. The number of nitrogens with one attached hydrogen (secondary N) is 2. The first-order chi connectivity index (χ1) is 8.00. The zero-order chi connectivity index (χ0) is 12.8. The molecule has 94 valence electrons. The van der Waals surface area contributed by atoms with E-state index in [4.69, 9.17) is 0 Å². The highest BCUT2D eigenvalue weighted by molar-refractivity contribution is 5.81. The number of para-hydroxylation sites is 1. The molecule has 1 aromatic rings. The van der Waals surface area contributed by atoms with Crippen LogP contribution in [0.1, 0.15) is 25.0 Å². The molecule has 0 atom stereocenters. The van der Waals surface area contributed by atoms with Gasteiger partial charge in [0.15, 0.2) is 0 Å². The van der Waals surface area contributed by atoms with Gasteiger partial charge in [-0.05, 0) is 30.9 Å². The van der Waals surface area contributed by atoms with Gasteiger partial charge in [0.05, 0.1) is 6.54 Å². The standard InChI is InChI=1S/C14H22N2O/c1-10(2)8-15-13(17)9-16-14-11(3)6-5-7-12(14)4/h5-7,10,16H,8-9H2,1-4H3,(H,15,17). The molecule has 0 bridgehead atoms. The zero-order valence-electron chi connectivity index (χ0n) is 11.1.